The lowest BCUT2D eigenvalue weighted by Crippen LogP contribution is -2.39. The second-order valence-electron chi connectivity index (χ2n) is 5.84. The van der Waals surface area contributed by atoms with Gasteiger partial charge in [0.05, 0.1) is 0 Å². The van der Waals surface area contributed by atoms with Crippen molar-refractivity contribution in [3.8, 4) is 0 Å². The normalized spacial score (nSPS) is 26.3. The van der Waals surface area contributed by atoms with Crippen LogP contribution in [0.3, 0.4) is 0 Å². The van der Waals surface area contributed by atoms with Crippen LogP contribution in [-0.4, -0.2) is 34.8 Å². The number of piperidine rings is 1. The van der Waals surface area contributed by atoms with Gasteiger partial charge in [0.2, 0.25) is 5.95 Å². The van der Waals surface area contributed by atoms with Crippen LogP contribution in [0, 0.1) is 11.8 Å². The highest BCUT2D eigenvalue weighted by Gasteiger charge is 2.31. The van der Waals surface area contributed by atoms with E-state index in [0.29, 0.717) is 11.8 Å². The first kappa shape index (κ1) is 12.0. The summed E-state index contributed by atoms with van der Waals surface area (Å²) in [5, 5.41) is 7.51. The van der Waals surface area contributed by atoms with E-state index in [-0.39, 0.29) is 0 Å². The van der Waals surface area contributed by atoms with Gasteiger partial charge in [-0.2, -0.15) is 4.98 Å². The van der Waals surface area contributed by atoms with Crippen LogP contribution in [0.5, 0.6) is 0 Å². The molecule has 0 bridgehead atoms. The van der Waals surface area contributed by atoms with Gasteiger partial charge in [0.25, 0.3) is 0 Å². The zero-order valence-electron chi connectivity index (χ0n) is 11.1. The standard InChI is InChI=1S/C13H23N5/c1-9(11-4-5-11)12-15-13(17-16-12)18-6-2-3-10(7-14)8-18/h9-11H,2-8,14H2,1H3,(H,15,16,17). The summed E-state index contributed by atoms with van der Waals surface area (Å²) in [5.74, 6) is 3.88. The van der Waals surface area contributed by atoms with E-state index in [1.807, 2.05) is 0 Å². The molecular weight excluding hydrogens is 226 g/mol. The van der Waals surface area contributed by atoms with Crippen molar-refractivity contribution in [2.45, 2.75) is 38.5 Å². The Labute approximate surface area is 108 Å². The van der Waals surface area contributed by atoms with Crippen molar-refractivity contribution >= 4 is 5.95 Å². The van der Waals surface area contributed by atoms with Crippen LogP contribution in [0.1, 0.15) is 44.3 Å². The average Bonchev–Trinajstić information content (AvgIpc) is 3.15. The molecule has 1 aromatic rings. The molecule has 1 saturated heterocycles. The second kappa shape index (κ2) is 4.88. The van der Waals surface area contributed by atoms with Crippen molar-refractivity contribution in [3.63, 3.8) is 0 Å². The Morgan fingerprint density at radius 2 is 2.28 bits per heavy atom. The molecule has 5 heteroatoms. The van der Waals surface area contributed by atoms with E-state index in [9.17, 15) is 0 Å². The van der Waals surface area contributed by atoms with Gasteiger partial charge in [0, 0.05) is 19.0 Å². The molecule has 2 unspecified atom stereocenters. The summed E-state index contributed by atoms with van der Waals surface area (Å²) in [4.78, 5) is 6.96. The minimum absolute atomic E-state index is 0.529. The predicted octanol–water partition coefficient (Wildman–Crippen LogP) is 1.49. The number of nitrogens with two attached hydrogens (primary N) is 1. The summed E-state index contributed by atoms with van der Waals surface area (Å²) in [6.45, 7) is 5.09. The fourth-order valence-corrected chi connectivity index (χ4v) is 2.87. The quantitative estimate of drug-likeness (QED) is 0.848. The Bertz CT molecular complexity index is 398. The van der Waals surface area contributed by atoms with Crippen molar-refractivity contribution in [2.24, 2.45) is 17.6 Å². The van der Waals surface area contributed by atoms with Crippen LogP contribution < -0.4 is 10.6 Å². The zero-order chi connectivity index (χ0) is 12.5. The van der Waals surface area contributed by atoms with Crippen LogP contribution in [0.15, 0.2) is 0 Å². The molecule has 5 nitrogen and oxygen atoms in total. The van der Waals surface area contributed by atoms with Gasteiger partial charge in [-0.15, -0.1) is 5.10 Å². The van der Waals surface area contributed by atoms with Crippen LogP contribution in [0.25, 0.3) is 0 Å². The fourth-order valence-electron chi connectivity index (χ4n) is 2.87. The molecule has 2 fully saturated rings. The molecule has 0 aromatic carbocycles. The zero-order valence-corrected chi connectivity index (χ0v) is 11.1. The molecule has 3 rings (SSSR count). The highest BCUT2D eigenvalue weighted by molar-refractivity contribution is 5.30. The maximum atomic E-state index is 5.77. The first-order valence-corrected chi connectivity index (χ1v) is 7.15. The van der Waals surface area contributed by atoms with E-state index >= 15 is 0 Å². The Morgan fingerprint density at radius 3 is 3.00 bits per heavy atom. The molecule has 0 spiro atoms. The Morgan fingerprint density at radius 1 is 1.44 bits per heavy atom. The minimum atomic E-state index is 0.529. The maximum absolute atomic E-state index is 5.77. The topological polar surface area (TPSA) is 70.8 Å². The molecule has 1 saturated carbocycles. The second-order valence-corrected chi connectivity index (χ2v) is 5.84. The third-order valence-electron chi connectivity index (χ3n) is 4.39. The summed E-state index contributed by atoms with van der Waals surface area (Å²) in [7, 11) is 0. The lowest BCUT2D eigenvalue weighted by molar-refractivity contribution is 0.419. The first-order chi connectivity index (χ1) is 8.78. The maximum Gasteiger partial charge on any atom is 0.244 e. The van der Waals surface area contributed by atoms with Crippen LogP contribution in [0.2, 0.25) is 0 Å². The van der Waals surface area contributed by atoms with E-state index in [1.165, 1.54) is 25.7 Å². The minimum Gasteiger partial charge on any atom is -0.339 e. The first-order valence-electron chi connectivity index (χ1n) is 7.15. The van der Waals surface area contributed by atoms with Gasteiger partial charge in [0.15, 0.2) is 0 Å². The molecular formula is C13H23N5. The smallest absolute Gasteiger partial charge is 0.244 e. The van der Waals surface area contributed by atoms with Crippen molar-refractivity contribution in [1.29, 1.82) is 0 Å². The molecule has 2 heterocycles. The van der Waals surface area contributed by atoms with Crippen molar-refractivity contribution in [3.05, 3.63) is 5.82 Å². The molecule has 100 valence electrons. The Kier molecular flexibility index (Phi) is 3.24. The number of aromatic nitrogens is 3. The number of anilines is 1. The number of nitrogens with zero attached hydrogens (tertiary/aromatic N) is 3. The van der Waals surface area contributed by atoms with Crippen LogP contribution in [-0.2, 0) is 0 Å². The van der Waals surface area contributed by atoms with Crippen molar-refractivity contribution in [2.75, 3.05) is 24.5 Å². The molecule has 1 aromatic heterocycles. The summed E-state index contributed by atoms with van der Waals surface area (Å²) < 4.78 is 0. The van der Waals surface area contributed by atoms with Crippen molar-refractivity contribution in [1.82, 2.24) is 15.2 Å². The van der Waals surface area contributed by atoms with E-state index in [1.54, 1.807) is 0 Å². The average molecular weight is 249 g/mol. The third-order valence-corrected chi connectivity index (χ3v) is 4.39. The summed E-state index contributed by atoms with van der Waals surface area (Å²) in [6.07, 6.45) is 5.12. The Hall–Kier alpha value is -1.10. The molecule has 0 amide bonds. The van der Waals surface area contributed by atoms with Gasteiger partial charge >= 0.3 is 0 Å². The summed E-state index contributed by atoms with van der Waals surface area (Å²) in [5.41, 5.74) is 5.77. The predicted molar refractivity (Wildman–Crippen MR) is 71.5 cm³/mol. The summed E-state index contributed by atoms with van der Waals surface area (Å²) >= 11 is 0. The molecule has 2 aliphatic rings. The molecule has 0 radical (unpaired) electrons. The van der Waals surface area contributed by atoms with Crippen LogP contribution in [0.4, 0.5) is 5.95 Å². The van der Waals surface area contributed by atoms with E-state index < -0.39 is 0 Å². The molecule has 2 atom stereocenters. The third kappa shape index (κ3) is 2.36. The number of nitrogens with one attached hydrogen (secondary N) is 1. The number of hydrogen-bond acceptors (Lipinski definition) is 4. The largest absolute Gasteiger partial charge is 0.339 e. The molecule has 18 heavy (non-hydrogen) atoms. The van der Waals surface area contributed by atoms with Gasteiger partial charge in [-0.25, -0.2) is 0 Å². The van der Waals surface area contributed by atoms with Crippen molar-refractivity contribution < 1.29 is 0 Å². The number of aromatic amines is 1. The lowest BCUT2D eigenvalue weighted by Gasteiger charge is -2.31. The number of rotatable bonds is 4. The Balaban J connectivity index is 1.68. The van der Waals surface area contributed by atoms with Gasteiger partial charge in [0.1, 0.15) is 5.82 Å². The van der Waals surface area contributed by atoms with Gasteiger partial charge in [-0.1, -0.05) is 6.92 Å². The highest BCUT2D eigenvalue weighted by atomic mass is 15.4. The van der Waals surface area contributed by atoms with Gasteiger partial charge < -0.3 is 10.6 Å². The van der Waals surface area contributed by atoms with E-state index in [4.69, 9.17) is 5.73 Å². The lowest BCUT2D eigenvalue weighted by atomic mass is 9.99. The monoisotopic (exact) mass is 249 g/mol. The summed E-state index contributed by atoms with van der Waals surface area (Å²) in [6, 6.07) is 0. The molecule has 1 aliphatic carbocycles. The van der Waals surface area contributed by atoms with Crippen LogP contribution >= 0.6 is 0 Å². The SMILES string of the molecule is CC(c1nc(N2CCCC(CN)C2)n[nH]1)C1CC1. The number of H-pyrrole nitrogens is 1. The van der Waals surface area contributed by atoms with E-state index in [0.717, 1.165) is 37.3 Å². The van der Waals surface area contributed by atoms with Gasteiger partial charge in [-0.05, 0) is 44.1 Å². The molecule has 1 aliphatic heterocycles. The van der Waals surface area contributed by atoms with E-state index in [2.05, 4.69) is 27.0 Å². The number of hydrogen-bond donors (Lipinski definition) is 2. The fraction of sp³-hybridized carbons (Fsp3) is 0.846. The molecule has 3 N–H and O–H groups in total. The van der Waals surface area contributed by atoms with Gasteiger partial charge in [-0.3, -0.25) is 5.10 Å². The highest BCUT2D eigenvalue weighted by Crippen LogP contribution is 2.41.